The number of H-pyrrole nitrogens is 2. The number of benzene rings is 2. The molecule has 4 N–H and O–H groups in total. The van der Waals surface area contributed by atoms with E-state index in [-0.39, 0.29) is 0 Å². The Balaban J connectivity index is 0.994. The molecular weight excluding hydrogens is 495 g/mol. The zero-order valence-electron chi connectivity index (χ0n) is 20.6. The molecule has 0 radical (unpaired) electrons. The lowest BCUT2D eigenvalue weighted by Gasteiger charge is -2.11. The van der Waals surface area contributed by atoms with Gasteiger partial charge in [-0.25, -0.2) is 9.97 Å². The molecule has 0 spiro atoms. The molecule has 0 saturated heterocycles. The fraction of sp³-hybridized carbons (Fsp3) is 0.296. The average molecular weight is 524 g/mol. The van der Waals surface area contributed by atoms with Crippen molar-refractivity contribution in [1.82, 2.24) is 30.5 Å². The number of hydrogen-bond donors (Lipinski definition) is 4. The van der Waals surface area contributed by atoms with Crippen LogP contribution >= 0.6 is 0 Å². The van der Waals surface area contributed by atoms with E-state index in [1.807, 2.05) is 18.2 Å². The van der Waals surface area contributed by atoms with Gasteiger partial charge >= 0.3 is 6.18 Å². The van der Waals surface area contributed by atoms with Gasteiger partial charge in [0.05, 0.1) is 29.6 Å². The largest absolute Gasteiger partial charge is 0.416 e. The SMILES string of the molecule is FC(F)(F)c1ccc2[nH]c(CNCCCCOCCNc3cc(-c4ccncn4)cc4[nH]ncc34)cc2c1. The Hall–Kier alpha value is -3.96. The lowest BCUT2D eigenvalue weighted by Crippen LogP contribution is -2.16. The van der Waals surface area contributed by atoms with Crippen LogP contribution < -0.4 is 10.6 Å². The van der Waals surface area contributed by atoms with Crippen molar-refractivity contribution in [2.75, 3.05) is 31.6 Å². The van der Waals surface area contributed by atoms with E-state index in [9.17, 15) is 13.2 Å². The molecule has 38 heavy (non-hydrogen) atoms. The van der Waals surface area contributed by atoms with E-state index in [2.05, 4.69) is 35.8 Å². The van der Waals surface area contributed by atoms with Gasteiger partial charge in [0, 0.05) is 59.1 Å². The second-order valence-electron chi connectivity index (χ2n) is 8.97. The van der Waals surface area contributed by atoms with Crippen LogP contribution in [0.2, 0.25) is 0 Å². The van der Waals surface area contributed by atoms with Crippen molar-refractivity contribution in [3.63, 3.8) is 0 Å². The van der Waals surface area contributed by atoms with Crippen LogP contribution in [0.3, 0.4) is 0 Å². The molecule has 198 valence electrons. The minimum Gasteiger partial charge on any atom is -0.382 e. The first-order valence-corrected chi connectivity index (χ1v) is 12.4. The third kappa shape index (κ3) is 6.29. The van der Waals surface area contributed by atoms with Crippen LogP contribution in [-0.2, 0) is 17.5 Å². The Morgan fingerprint density at radius 3 is 2.71 bits per heavy atom. The molecule has 0 saturated carbocycles. The summed E-state index contributed by atoms with van der Waals surface area (Å²) >= 11 is 0. The fourth-order valence-corrected chi connectivity index (χ4v) is 4.31. The fourth-order valence-electron chi connectivity index (χ4n) is 4.31. The van der Waals surface area contributed by atoms with Crippen LogP contribution in [0.1, 0.15) is 24.1 Å². The summed E-state index contributed by atoms with van der Waals surface area (Å²) in [7, 11) is 0. The molecular formula is C27H28F3N7O. The number of unbranched alkanes of at least 4 members (excludes halogenated alkanes) is 1. The highest BCUT2D eigenvalue weighted by Crippen LogP contribution is 2.32. The molecule has 5 aromatic rings. The molecule has 0 aliphatic carbocycles. The smallest absolute Gasteiger partial charge is 0.382 e. The van der Waals surface area contributed by atoms with Crippen LogP contribution in [0.15, 0.2) is 61.2 Å². The Morgan fingerprint density at radius 1 is 0.947 bits per heavy atom. The molecule has 3 aromatic heterocycles. The van der Waals surface area contributed by atoms with E-state index in [0.717, 1.165) is 59.0 Å². The predicted molar refractivity (Wildman–Crippen MR) is 141 cm³/mol. The Kier molecular flexibility index (Phi) is 7.85. The maximum Gasteiger partial charge on any atom is 0.416 e. The normalized spacial score (nSPS) is 12.0. The lowest BCUT2D eigenvalue weighted by molar-refractivity contribution is -0.137. The summed E-state index contributed by atoms with van der Waals surface area (Å²) in [6.07, 6.45) is 2.55. The van der Waals surface area contributed by atoms with Gasteiger partial charge in [-0.1, -0.05) is 0 Å². The molecule has 2 aromatic carbocycles. The number of rotatable bonds is 12. The molecule has 0 atom stereocenters. The maximum atomic E-state index is 12.9. The molecule has 0 aliphatic rings. The first-order valence-electron chi connectivity index (χ1n) is 12.4. The quantitative estimate of drug-likeness (QED) is 0.161. The van der Waals surface area contributed by atoms with Crippen LogP contribution in [0.4, 0.5) is 18.9 Å². The number of hydrogen-bond acceptors (Lipinski definition) is 6. The Morgan fingerprint density at radius 2 is 1.87 bits per heavy atom. The zero-order valence-corrected chi connectivity index (χ0v) is 20.6. The summed E-state index contributed by atoms with van der Waals surface area (Å²) in [5.74, 6) is 0. The van der Waals surface area contributed by atoms with E-state index >= 15 is 0 Å². The molecule has 0 bridgehead atoms. The molecule has 0 amide bonds. The molecule has 5 rings (SSSR count). The highest BCUT2D eigenvalue weighted by Gasteiger charge is 2.30. The van der Waals surface area contributed by atoms with Crippen molar-refractivity contribution in [2.45, 2.75) is 25.6 Å². The van der Waals surface area contributed by atoms with E-state index < -0.39 is 11.7 Å². The van der Waals surface area contributed by atoms with Crippen LogP contribution in [-0.4, -0.2) is 51.5 Å². The number of aromatic nitrogens is 5. The predicted octanol–water partition coefficient (Wildman–Crippen LogP) is 5.52. The second kappa shape index (κ2) is 11.6. The Labute approximate surface area is 217 Å². The highest BCUT2D eigenvalue weighted by atomic mass is 19.4. The lowest BCUT2D eigenvalue weighted by atomic mass is 10.1. The summed E-state index contributed by atoms with van der Waals surface area (Å²) < 4.78 is 44.5. The van der Waals surface area contributed by atoms with Crippen molar-refractivity contribution in [2.24, 2.45) is 0 Å². The van der Waals surface area contributed by atoms with Gasteiger partial charge in [-0.05, 0) is 61.9 Å². The van der Waals surface area contributed by atoms with Crippen molar-refractivity contribution in [3.8, 4) is 11.3 Å². The molecule has 11 heteroatoms. The van der Waals surface area contributed by atoms with Gasteiger partial charge in [0.1, 0.15) is 6.33 Å². The number of aromatic amines is 2. The van der Waals surface area contributed by atoms with Gasteiger partial charge in [0.15, 0.2) is 0 Å². The number of nitrogens with zero attached hydrogens (tertiary/aromatic N) is 3. The first kappa shape index (κ1) is 25.7. The van der Waals surface area contributed by atoms with Gasteiger partial charge in [-0.2, -0.15) is 18.3 Å². The van der Waals surface area contributed by atoms with Gasteiger partial charge in [0.2, 0.25) is 0 Å². The van der Waals surface area contributed by atoms with Crippen molar-refractivity contribution < 1.29 is 17.9 Å². The average Bonchev–Trinajstić information content (AvgIpc) is 3.56. The molecule has 0 fully saturated rings. The first-order chi connectivity index (χ1) is 18.5. The van der Waals surface area contributed by atoms with E-state index in [0.29, 0.717) is 37.2 Å². The number of ether oxygens (including phenoxy) is 1. The van der Waals surface area contributed by atoms with Crippen LogP contribution in [0.5, 0.6) is 0 Å². The maximum absolute atomic E-state index is 12.9. The Bertz CT molecular complexity index is 1480. The second-order valence-corrected chi connectivity index (χ2v) is 8.97. The van der Waals surface area contributed by atoms with E-state index in [4.69, 9.17) is 4.74 Å². The topological polar surface area (TPSA) is 104 Å². The monoisotopic (exact) mass is 523 g/mol. The minimum absolute atomic E-state index is 0.563. The molecule has 8 nitrogen and oxygen atoms in total. The van der Waals surface area contributed by atoms with Crippen LogP contribution in [0.25, 0.3) is 33.1 Å². The number of alkyl halides is 3. The van der Waals surface area contributed by atoms with E-state index in [1.54, 1.807) is 18.5 Å². The summed E-state index contributed by atoms with van der Waals surface area (Å²) in [4.78, 5) is 11.5. The van der Waals surface area contributed by atoms with Gasteiger partial charge < -0.3 is 20.4 Å². The number of anilines is 1. The third-order valence-electron chi connectivity index (χ3n) is 6.21. The zero-order chi connectivity index (χ0) is 26.4. The van der Waals surface area contributed by atoms with Crippen LogP contribution in [0, 0.1) is 0 Å². The van der Waals surface area contributed by atoms with Gasteiger partial charge in [-0.15, -0.1) is 0 Å². The number of fused-ring (bicyclic) bond motifs is 2. The summed E-state index contributed by atoms with van der Waals surface area (Å²) in [6.45, 7) is 3.23. The van der Waals surface area contributed by atoms with Crippen molar-refractivity contribution in [3.05, 3.63) is 72.4 Å². The minimum atomic E-state index is -4.34. The van der Waals surface area contributed by atoms with Crippen molar-refractivity contribution >= 4 is 27.5 Å². The van der Waals surface area contributed by atoms with Gasteiger partial charge in [0.25, 0.3) is 0 Å². The number of nitrogens with one attached hydrogen (secondary N) is 4. The highest BCUT2D eigenvalue weighted by molar-refractivity contribution is 5.94. The molecule has 0 unspecified atom stereocenters. The van der Waals surface area contributed by atoms with Crippen molar-refractivity contribution in [1.29, 1.82) is 0 Å². The molecule has 3 heterocycles. The molecule has 0 aliphatic heterocycles. The van der Waals surface area contributed by atoms with Gasteiger partial charge in [-0.3, -0.25) is 5.10 Å². The summed E-state index contributed by atoms with van der Waals surface area (Å²) in [6, 6.07) is 11.4. The van der Waals surface area contributed by atoms with E-state index in [1.165, 1.54) is 18.5 Å². The number of halogens is 3. The summed E-state index contributed by atoms with van der Waals surface area (Å²) in [5, 5.41) is 15.5. The summed E-state index contributed by atoms with van der Waals surface area (Å²) in [5.41, 5.74) is 4.62. The third-order valence-corrected chi connectivity index (χ3v) is 6.21. The standard InChI is InChI=1S/C27H28F3N7O/c28-27(29,30)20-3-4-24-18(11-20)12-21(36-24)15-31-6-1-2-9-38-10-8-33-25-13-19(23-5-7-32-17-34-23)14-26-22(25)16-35-37-26/h3-5,7,11-14,16-17,31,33,36H,1-2,6,8-10,15H2,(H,35,37).